The van der Waals surface area contributed by atoms with Crippen LogP contribution in [-0.2, 0) is 29.1 Å². The lowest BCUT2D eigenvalue weighted by molar-refractivity contribution is -0.158. The molecule has 1 aromatic rings. The van der Waals surface area contributed by atoms with Crippen molar-refractivity contribution in [2.75, 3.05) is 26.2 Å². The maximum Gasteiger partial charge on any atom is 0.309 e. The zero-order chi connectivity index (χ0) is 18.7. The molecule has 2 amide bonds. The van der Waals surface area contributed by atoms with Gasteiger partial charge in [-0.2, -0.15) is 4.31 Å². The van der Waals surface area contributed by atoms with Crippen LogP contribution in [0.3, 0.4) is 0 Å². The molecule has 0 radical (unpaired) electrons. The van der Waals surface area contributed by atoms with Crippen LogP contribution >= 0.6 is 11.3 Å². The van der Waals surface area contributed by atoms with Gasteiger partial charge in [-0.3, -0.25) is 19.3 Å². The van der Waals surface area contributed by atoms with Gasteiger partial charge in [0, 0.05) is 26.1 Å². The van der Waals surface area contributed by atoms with Gasteiger partial charge in [0.15, 0.2) is 6.61 Å². The van der Waals surface area contributed by atoms with Crippen LogP contribution in [0.25, 0.3) is 0 Å². The summed E-state index contributed by atoms with van der Waals surface area (Å²) in [5.74, 6) is -1.69. The van der Waals surface area contributed by atoms with Crippen LogP contribution in [0.4, 0.5) is 0 Å². The number of thiophene rings is 1. The first-order chi connectivity index (χ1) is 12.4. The third-order valence-corrected chi connectivity index (χ3v) is 7.86. The first kappa shape index (κ1) is 19.0. The second-order valence-corrected chi connectivity index (χ2v) is 9.37. The molecule has 3 rings (SSSR count). The summed E-state index contributed by atoms with van der Waals surface area (Å²) in [6.07, 6.45) is 1.67. The van der Waals surface area contributed by atoms with Gasteiger partial charge in [-0.05, 0) is 30.7 Å². The molecule has 10 heteroatoms. The van der Waals surface area contributed by atoms with E-state index in [9.17, 15) is 22.8 Å². The molecule has 0 atom stereocenters. The lowest BCUT2D eigenvalue weighted by Gasteiger charge is -2.29. The molecule has 3 heterocycles. The number of likely N-dealkylation sites (tertiary alicyclic amines) is 1. The van der Waals surface area contributed by atoms with Gasteiger partial charge in [0.05, 0.1) is 5.92 Å². The molecule has 0 aromatic carbocycles. The van der Waals surface area contributed by atoms with E-state index >= 15 is 0 Å². The summed E-state index contributed by atoms with van der Waals surface area (Å²) in [4.78, 5) is 36.6. The van der Waals surface area contributed by atoms with E-state index in [1.807, 2.05) is 0 Å². The molecule has 0 bridgehead atoms. The molecular formula is C16H20N2O6S2. The largest absolute Gasteiger partial charge is 0.455 e. The minimum absolute atomic E-state index is 0.235. The zero-order valence-electron chi connectivity index (χ0n) is 14.1. The van der Waals surface area contributed by atoms with Gasteiger partial charge in [0.2, 0.25) is 5.91 Å². The number of carbonyl (C=O) groups excluding carboxylic acids is 3. The van der Waals surface area contributed by atoms with Gasteiger partial charge in [-0.15, -0.1) is 11.3 Å². The van der Waals surface area contributed by atoms with E-state index in [1.165, 1.54) is 4.31 Å². The molecule has 1 aromatic heterocycles. The number of amides is 2. The lowest BCUT2D eigenvalue weighted by atomic mass is 9.98. The number of esters is 1. The first-order valence-electron chi connectivity index (χ1n) is 8.43. The maximum atomic E-state index is 12.5. The number of rotatable bonds is 5. The van der Waals surface area contributed by atoms with Crippen molar-refractivity contribution < 1.29 is 27.5 Å². The third-order valence-electron chi connectivity index (χ3n) is 4.59. The molecule has 2 aliphatic rings. The highest BCUT2D eigenvalue weighted by Crippen LogP contribution is 2.26. The van der Waals surface area contributed by atoms with Crippen LogP contribution in [0.1, 0.15) is 25.7 Å². The van der Waals surface area contributed by atoms with Gasteiger partial charge in [-0.25, -0.2) is 8.42 Å². The molecule has 0 spiro atoms. The number of nitrogens with zero attached hydrogens (tertiary/aromatic N) is 2. The van der Waals surface area contributed by atoms with E-state index < -0.39 is 34.4 Å². The fourth-order valence-corrected chi connectivity index (χ4v) is 5.72. The van der Waals surface area contributed by atoms with Crippen molar-refractivity contribution in [1.82, 2.24) is 9.21 Å². The predicted octanol–water partition coefficient (Wildman–Crippen LogP) is 0.841. The van der Waals surface area contributed by atoms with Gasteiger partial charge < -0.3 is 4.74 Å². The van der Waals surface area contributed by atoms with Crippen molar-refractivity contribution in [3.8, 4) is 0 Å². The summed E-state index contributed by atoms with van der Waals surface area (Å²) in [5.41, 5.74) is 0. The molecule has 0 aliphatic carbocycles. The minimum atomic E-state index is -3.51. The Morgan fingerprint density at radius 2 is 1.96 bits per heavy atom. The molecule has 8 nitrogen and oxygen atoms in total. The summed E-state index contributed by atoms with van der Waals surface area (Å²) in [6.45, 7) is 0.392. The van der Waals surface area contributed by atoms with Crippen LogP contribution in [0.2, 0.25) is 0 Å². The molecule has 2 fully saturated rings. The Morgan fingerprint density at radius 1 is 1.23 bits per heavy atom. The zero-order valence-corrected chi connectivity index (χ0v) is 15.8. The Balaban J connectivity index is 1.48. The maximum absolute atomic E-state index is 12.5. The van der Waals surface area contributed by atoms with Crippen molar-refractivity contribution in [1.29, 1.82) is 0 Å². The number of piperidine rings is 1. The highest BCUT2D eigenvalue weighted by Gasteiger charge is 2.34. The predicted molar refractivity (Wildman–Crippen MR) is 92.7 cm³/mol. The van der Waals surface area contributed by atoms with Gasteiger partial charge >= 0.3 is 5.97 Å². The van der Waals surface area contributed by atoms with Gasteiger partial charge in [0.25, 0.3) is 15.9 Å². The average molecular weight is 400 g/mol. The van der Waals surface area contributed by atoms with Gasteiger partial charge in [-0.1, -0.05) is 6.07 Å². The topological polar surface area (TPSA) is 101 Å². The van der Waals surface area contributed by atoms with Crippen LogP contribution in [-0.4, -0.2) is 61.6 Å². The molecule has 0 saturated carbocycles. The molecular weight excluding hydrogens is 380 g/mol. The molecule has 2 aliphatic heterocycles. The Morgan fingerprint density at radius 3 is 2.54 bits per heavy atom. The Bertz CT molecular complexity index is 782. The molecule has 142 valence electrons. The van der Waals surface area contributed by atoms with Crippen molar-refractivity contribution >= 4 is 39.1 Å². The monoisotopic (exact) mass is 400 g/mol. The van der Waals surface area contributed by atoms with Crippen molar-refractivity contribution in [3.05, 3.63) is 17.5 Å². The Labute approximate surface area is 155 Å². The Hall–Kier alpha value is -1.78. The van der Waals surface area contributed by atoms with Crippen molar-refractivity contribution in [2.45, 2.75) is 29.9 Å². The van der Waals surface area contributed by atoms with Crippen LogP contribution in [0, 0.1) is 5.92 Å². The fraction of sp³-hybridized carbons (Fsp3) is 0.562. The van der Waals surface area contributed by atoms with E-state index in [0.717, 1.165) is 16.2 Å². The van der Waals surface area contributed by atoms with Crippen molar-refractivity contribution in [2.24, 2.45) is 5.92 Å². The van der Waals surface area contributed by atoms with E-state index in [1.54, 1.807) is 17.5 Å². The molecule has 0 unspecified atom stereocenters. The molecule has 26 heavy (non-hydrogen) atoms. The van der Waals surface area contributed by atoms with E-state index in [0.29, 0.717) is 36.4 Å². The molecule has 0 N–H and O–H groups in total. The number of imide groups is 1. The molecule has 2 saturated heterocycles. The lowest BCUT2D eigenvalue weighted by Crippen LogP contribution is -2.41. The summed E-state index contributed by atoms with van der Waals surface area (Å²) < 4.78 is 31.6. The highest BCUT2D eigenvalue weighted by atomic mass is 32.2. The van der Waals surface area contributed by atoms with Gasteiger partial charge in [0.1, 0.15) is 4.21 Å². The summed E-state index contributed by atoms with van der Waals surface area (Å²) in [6, 6.07) is 3.25. The average Bonchev–Trinajstić information content (AvgIpc) is 3.31. The minimum Gasteiger partial charge on any atom is -0.455 e. The second kappa shape index (κ2) is 7.85. The smallest absolute Gasteiger partial charge is 0.309 e. The first-order valence-corrected chi connectivity index (χ1v) is 10.7. The third kappa shape index (κ3) is 3.97. The second-order valence-electron chi connectivity index (χ2n) is 6.26. The fourth-order valence-electron chi connectivity index (χ4n) is 3.11. The Kier molecular flexibility index (Phi) is 5.73. The van der Waals surface area contributed by atoms with E-state index in [-0.39, 0.29) is 19.0 Å². The quantitative estimate of drug-likeness (QED) is 0.679. The van der Waals surface area contributed by atoms with Crippen LogP contribution in [0.15, 0.2) is 21.7 Å². The van der Waals surface area contributed by atoms with E-state index in [2.05, 4.69) is 0 Å². The number of sulfonamides is 1. The number of ether oxygens (including phenoxy) is 1. The normalized spacial score (nSPS) is 19.7. The summed E-state index contributed by atoms with van der Waals surface area (Å²) in [7, 11) is -3.51. The SMILES string of the molecule is O=C(OCC(=O)N1CCCC1=O)C1CCN(S(=O)(=O)c2cccs2)CC1. The number of carbonyl (C=O) groups is 3. The van der Waals surface area contributed by atoms with Crippen LogP contribution < -0.4 is 0 Å². The number of hydrogen-bond donors (Lipinski definition) is 0. The van der Waals surface area contributed by atoms with Crippen LogP contribution in [0.5, 0.6) is 0 Å². The summed E-state index contributed by atoms with van der Waals surface area (Å²) >= 11 is 1.16. The standard InChI is InChI=1S/C16H20N2O6S2/c19-13-3-1-7-18(13)14(20)11-24-16(21)12-5-8-17(9-6-12)26(22,23)15-4-2-10-25-15/h2,4,10,12H,1,3,5-9,11H2. The van der Waals surface area contributed by atoms with Crippen molar-refractivity contribution in [3.63, 3.8) is 0 Å². The van der Waals surface area contributed by atoms with E-state index in [4.69, 9.17) is 4.74 Å². The highest BCUT2D eigenvalue weighted by molar-refractivity contribution is 7.91. The summed E-state index contributed by atoms with van der Waals surface area (Å²) in [5, 5.41) is 1.71. The number of hydrogen-bond acceptors (Lipinski definition) is 7.